The lowest BCUT2D eigenvalue weighted by Gasteiger charge is -2.31. The van der Waals surface area contributed by atoms with Gasteiger partial charge in [0.25, 0.3) is 0 Å². The number of hydrogen-bond acceptors (Lipinski definition) is 3. The summed E-state index contributed by atoms with van der Waals surface area (Å²) >= 11 is 0. The highest BCUT2D eigenvalue weighted by atomic mass is 16.2. The highest BCUT2D eigenvalue weighted by molar-refractivity contribution is 5.80. The zero-order valence-corrected chi connectivity index (χ0v) is 12.2. The second-order valence-corrected chi connectivity index (χ2v) is 6.33. The van der Waals surface area contributed by atoms with Gasteiger partial charge in [0.05, 0.1) is 17.1 Å². The predicted molar refractivity (Wildman–Crippen MR) is 82.0 cm³/mol. The summed E-state index contributed by atoms with van der Waals surface area (Å²) in [7, 11) is 1.89. The predicted octanol–water partition coefficient (Wildman–Crippen LogP) is 2.29. The summed E-state index contributed by atoms with van der Waals surface area (Å²) in [5.41, 5.74) is 8.78. The van der Waals surface area contributed by atoms with Crippen molar-refractivity contribution in [1.82, 2.24) is 14.5 Å². The third-order valence-electron chi connectivity index (χ3n) is 4.65. The number of piperidine rings is 1. The first-order valence-corrected chi connectivity index (χ1v) is 7.65. The van der Waals surface area contributed by atoms with E-state index in [0.717, 1.165) is 29.7 Å². The van der Waals surface area contributed by atoms with Gasteiger partial charge in [-0.05, 0) is 37.5 Å². The van der Waals surface area contributed by atoms with Crippen molar-refractivity contribution in [3.05, 3.63) is 24.0 Å². The molecule has 110 valence electrons. The zero-order valence-electron chi connectivity index (χ0n) is 12.2. The number of nitrogens with two attached hydrogens (primary N) is 1. The number of likely N-dealkylation sites (N-methyl/N-ethyl adjacent to an activating group) is 1. The van der Waals surface area contributed by atoms with E-state index in [4.69, 9.17) is 10.7 Å². The summed E-state index contributed by atoms with van der Waals surface area (Å²) in [6.07, 6.45) is 3.97. The summed E-state index contributed by atoms with van der Waals surface area (Å²) in [4.78, 5) is 18.4. The summed E-state index contributed by atoms with van der Waals surface area (Å²) in [5, 5.41) is 0. The molecule has 0 radical (unpaired) electrons. The molecule has 5 heteroatoms. The number of likely N-dealkylation sites (tertiary alicyclic amines) is 1. The van der Waals surface area contributed by atoms with E-state index in [2.05, 4.69) is 10.6 Å². The number of anilines is 1. The summed E-state index contributed by atoms with van der Waals surface area (Å²) in [6, 6.07) is 6.29. The van der Waals surface area contributed by atoms with Crippen LogP contribution in [0.25, 0.3) is 11.0 Å². The van der Waals surface area contributed by atoms with Gasteiger partial charge < -0.3 is 15.2 Å². The van der Waals surface area contributed by atoms with Crippen LogP contribution in [-0.4, -0.2) is 34.0 Å². The van der Waals surface area contributed by atoms with Crippen LogP contribution in [0.15, 0.2) is 18.2 Å². The average Bonchev–Trinajstić information content (AvgIpc) is 3.23. The van der Waals surface area contributed by atoms with Crippen LogP contribution in [0.3, 0.4) is 0 Å². The van der Waals surface area contributed by atoms with Gasteiger partial charge in [-0.15, -0.1) is 0 Å². The highest BCUT2D eigenvalue weighted by Crippen LogP contribution is 2.43. The zero-order chi connectivity index (χ0) is 14.6. The second-order valence-electron chi connectivity index (χ2n) is 6.33. The largest absolute Gasteiger partial charge is 0.399 e. The molecule has 21 heavy (non-hydrogen) atoms. The van der Waals surface area contributed by atoms with Gasteiger partial charge in [-0.2, -0.15) is 0 Å². The van der Waals surface area contributed by atoms with Crippen molar-refractivity contribution in [2.75, 3.05) is 19.3 Å². The van der Waals surface area contributed by atoms with Gasteiger partial charge >= 0.3 is 0 Å². The van der Waals surface area contributed by atoms with E-state index in [1.165, 1.54) is 18.7 Å². The maximum atomic E-state index is 11.7. The number of fused-ring (bicyclic) bond motifs is 1. The van der Waals surface area contributed by atoms with Crippen molar-refractivity contribution in [3.63, 3.8) is 0 Å². The molecule has 5 nitrogen and oxygen atoms in total. The van der Waals surface area contributed by atoms with Crippen molar-refractivity contribution >= 4 is 22.6 Å². The lowest BCUT2D eigenvalue weighted by molar-refractivity contribution is -0.132. The first-order chi connectivity index (χ1) is 10.1. The van der Waals surface area contributed by atoms with Gasteiger partial charge in [-0.25, -0.2) is 4.98 Å². The maximum absolute atomic E-state index is 11.7. The molecule has 2 aromatic rings. The molecule has 1 atom stereocenters. The van der Waals surface area contributed by atoms with E-state index in [-0.39, 0.29) is 5.91 Å². The summed E-state index contributed by atoms with van der Waals surface area (Å²) in [6.45, 7) is 0.772. The van der Waals surface area contributed by atoms with Crippen LogP contribution in [-0.2, 0) is 4.79 Å². The number of hydrogen-bond donors (Lipinski definition) is 1. The fourth-order valence-electron chi connectivity index (χ4n) is 3.35. The maximum Gasteiger partial charge on any atom is 0.222 e. The van der Waals surface area contributed by atoms with Crippen LogP contribution < -0.4 is 5.73 Å². The molecule has 1 amide bonds. The Morgan fingerprint density at radius 2 is 2.10 bits per heavy atom. The Hall–Kier alpha value is -2.04. The number of benzene rings is 1. The number of imidazole rings is 1. The second kappa shape index (κ2) is 4.48. The Bertz CT molecular complexity index is 716. The Morgan fingerprint density at radius 3 is 2.81 bits per heavy atom. The summed E-state index contributed by atoms with van der Waals surface area (Å²) in [5.74, 6) is 2.01. The first kappa shape index (κ1) is 12.7. The highest BCUT2D eigenvalue weighted by Gasteiger charge is 2.34. The molecule has 2 N–H and O–H groups in total. The van der Waals surface area contributed by atoms with Crippen LogP contribution in [0.2, 0.25) is 0 Å². The van der Waals surface area contributed by atoms with E-state index in [0.29, 0.717) is 18.4 Å². The van der Waals surface area contributed by atoms with Gasteiger partial charge in [0.2, 0.25) is 5.91 Å². The third kappa shape index (κ3) is 2.07. The third-order valence-corrected chi connectivity index (χ3v) is 4.65. The number of rotatable bonds is 2. The first-order valence-electron chi connectivity index (χ1n) is 7.65. The van der Waals surface area contributed by atoms with E-state index in [1.54, 1.807) is 0 Å². The molecular formula is C16H20N4O. The molecule has 1 saturated carbocycles. The minimum absolute atomic E-state index is 0.243. The van der Waals surface area contributed by atoms with Crippen molar-refractivity contribution in [2.24, 2.45) is 0 Å². The van der Waals surface area contributed by atoms with Crippen LogP contribution in [0.5, 0.6) is 0 Å². The van der Waals surface area contributed by atoms with Gasteiger partial charge in [-0.1, -0.05) is 0 Å². The van der Waals surface area contributed by atoms with Crippen molar-refractivity contribution in [3.8, 4) is 0 Å². The Kier molecular flexibility index (Phi) is 2.71. The van der Waals surface area contributed by atoms with Gasteiger partial charge in [0, 0.05) is 31.6 Å². The van der Waals surface area contributed by atoms with Crippen molar-refractivity contribution in [1.29, 1.82) is 0 Å². The van der Waals surface area contributed by atoms with Gasteiger partial charge in [0.1, 0.15) is 5.82 Å². The number of nitrogens with zero attached hydrogens (tertiary/aromatic N) is 3. The fourth-order valence-corrected chi connectivity index (χ4v) is 3.35. The number of nitrogen functional groups attached to an aromatic ring is 1. The molecule has 1 aliphatic carbocycles. The molecule has 1 saturated heterocycles. The molecule has 1 aromatic carbocycles. The number of aromatic nitrogens is 2. The molecular weight excluding hydrogens is 264 g/mol. The van der Waals surface area contributed by atoms with Crippen LogP contribution in [0.1, 0.15) is 43.5 Å². The number of amides is 1. The van der Waals surface area contributed by atoms with Crippen LogP contribution in [0, 0.1) is 0 Å². The molecule has 0 spiro atoms. The van der Waals surface area contributed by atoms with Crippen LogP contribution >= 0.6 is 0 Å². The number of carbonyl (C=O) groups excluding carboxylic acids is 1. The topological polar surface area (TPSA) is 64.2 Å². The molecule has 1 unspecified atom stereocenters. The van der Waals surface area contributed by atoms with E-state index >= 15 is 0 Å². The normalized spacial score (nSPS) is 23.0. The lowest BCUT2D eigenvalue weighted by Crippen LogP contribution is -2.38. The van der Waals surface area contributed by atoms with E-state index in [1.807, 2.05) is 24.1 Å². The van der Waals surface area contributed by atoms with Gasteiger partial charge in [0.15, 0.2) is 0 Å². The van der Waals surface area contributed by atoms with Crippen molar-refractivity contribution < 1.29 is 4.79 Å². The molecule has 0 bridgehead atoms. The Morgan fingerprint density at radius 1 is 1.29 bits per heavy atom. The molecule has 2 fully saturated rings. The van der Waals surface area contributed by atoms with Crippen LogP contribution in [0.4, 0.5) is 5.69 Å². The molecule has 1 aromatic heterocycles. The van der Waals surface area contributed by atoms with Gasteiger partial charge in [-0.3, -0.25) is 4.79 Å². The minimum Gasteiger partial charge on any atom is -0.399 e. The quantitative estimate of drug-likeness (QED) is 0.861. The fraction of sp³-hybridized carbons (Fsp3) is 0.500. The van der Waals surface area contributed by atoms with E-state index in [9.17, 15) is 4.79 Å². The lowest BCUT2D eigenvalue weighted by atomic mass is 10.0. The Balaban J connectivity index is 1.82. The average molecular weight is 284 g/mol. The minimum atomic E-state index is 0.243. The Labute approximate surface area is 123 Å². The molecule has 4 rings (SSSR count). The number of carbonyl (C=O) groups is 1. The smallest absolute Gasteiger partial charge is 0.222 e. The summed E-state index contributed by atoms with van der Waals surface area (Å²) < 4.78 is 2.37. The molecule has 2 heterocycles. The van der Waals surface area contributed by atoms with Crippen molar-refractivity contribution in [2.45, 2.75) is 37.6 Å². The molecule has 1 aliphatic heterocycles. The SMILES string of the molecule is CN1CC(n2c(C3CC3)nc3cc(N)ccc32)CCC1=O. The van der Waals surface area contributed by atoms with E-state index < -0.39 is 0 Å². The monoisotopic (exact) mass is 284 g/mol. The standard InChI is InChI=1S/C16H20N4O/c1-19-9-12(5-7-15(19)21)20-14-6-4-11(17)8-13(14)18-16(20)10-2-3-10/h4,6,8,10,12H,2-3,5,7,9,17H2,1H3. The molecule has 2 aliphatic rings.